The fourth-order valence-electron chi connectivity index (χ4n) is 2.08. The molecule has 0 aliphatic rings. The summed E-state index contributed by atoms with van der Waals surface area (Å²) in [5.74, 6) is 3.47. The molecule has 0 bridgehead atoms. The second-order valence-electron chi connectivity index (χ2n) is 4.87. The molecule has 22 heavy (non-hydrogen) atoms. The number of hydrogen-bond acceptors (Lipinski definition) is 1. The zero-order valence-electron chi connectivity index (χ0n) is 12.7. The Bertz CT molecular complexity index is 694. The van der Waals surface area contributed by atoms with E-state index < -0.39 is 11.6 Å². The third-order valence-corrected chi connectivity index (χ3v) is 3.18. The van der Waals surface area contributed by atoms with Gasteiger partial charge in [0.15, 0.2) is 11.6 Å². The molecular weight excluding hydrogens is 282 g/mol. The summed E-state index contributed by atoms with van der Waals surface area (Å²) in [6.45, 7) is 4.12. The SMILES string of the molecule is CCCc1ccc(C#Cc2ccc(OCC)c(F)c2F)cc1. The van der Waals surface area contributed by atoms with Gasteiger partial charge in [-0.25, -0.2) is 4.39 Å². The summed E-state index contributed by atoms with van der Waals surface area (Å²) in [4.78, 5) is 0. The van der Waals surface area contributed by atoms with Crippen molar-refractivity contribution in [1.82, 2.24) is 0 Å². The van der Waals surface area contributed by atoms with Gasteiger partial charge in [0.05, 0.1) is 12.2 Å². The molecule has 0 heterocycles. The molecule has 114 valence electrons. The minimum Gasteiger partial charge on any atom is -0.491 e. The van der Waals surface area contributed by atoms with Crippen molar-refractivity contribution in [2.45, 2.75) is 26.7 Å². The highest BCUT2D eigenvalue weighted by Gasteiger charge is 2.12. The monoisotopic (exact) mass is 300 g/mol. The van der Waals surface area contributed by atoms with Crippen molar-refractivity contribution in [3.8, 4) is 17.6 Å². The molecule has 0 fully saturated rings. The Balaban J connectivity index is 2.22. The Morgan fingerprint density at radius 3 is 2.27 bits per heavy atom. The van der Waals surface area contributed by atoms with Gasteiger partial charge >= 0.3 is 0 Å². The topological polar surface area (TPSA) is 9.23 Å². The van der Waals surface area contributed by atoms with Crippen LogP contribution in [0.4, 0.5) is 8.78 Å². The zero-order valence-corrected chi connectivity index (χ0v) is 12.7. The lowest BCUT2D eigenvalue weighted by Gasteiger charge is -2.05. The first kappa shape index (κ1) is 16.0. The van der Waals surface area contributed by atoms with Crippen LogP contribution in [-0.2, 0) is 6.42 Å². The van der Waals surface area contributed by atoms with Crippen molar-refractivity contribution in [3.05, 3.63) is 64.7 Å². The highest BCUT2D eigenvalue weighted by atomic mass is 19.2. The Morgan fingerprint density at radius 1 is 0.909 bits per heavy atom. The lowest BCUT2D eigenvalue weighted by molar-refractivity contribution is 0.314. The predicted molar refractivity (Wildman–Crippen MR) is 83.9 cm³/mol. The molecule has 0 N–H and O–H groups in total. The van der Waals surface area contributed by atoms with Crippen LogP contribution in [0.25, 0.3) is 0 Å². The molecule has 0 spiro atoms. The number of ether oxygens (including phenoxy) is 1. The molecule has 0 amide bonds. The van der Waals surface area contributed by atoms with Crippen LogP contribution in [0.1, 0.15) is 37.0 Å². The van der Waals surface area contributed by atoms with Gasteiger partial charge < -0.3 is 4.74 Å². The number of benzene rings is 2. The molecule has 2 aromatic carbocycles. The Morgan fingerprint density at radius 2 is 1.64 bits per heavy atom. The molecule has 0 saturated carbocycles. The van der Waals surface area contributed by atoms with E-state index in [9.17, 15) is 8.78 Å². The first-order chi connectivity index (χ1) is 10.7. The van der Waals surface area contributed by atoms with Crippen LogP contribution in [0.3, 0.4) is 0 Å². The third-order valence-electron chi connectivity index (χ3n) is 3.18. The summed E-state index contributed by atoms with van der Waals surface area (Å²) in [5.41, 5.74) is 2.04. The molecule has 0 saturated heterocycles. The summed E-state index contributed by atoms with van der Waals surface area (Å²) >= 11 is 0. The minimum absolute atomic E-state index is 0.0265. The lowest BCUT2D eigenvalue weighted by atomic mass is 10.1. The average molecular weight is 300 g/mol. The molecule has 0 radical (unpaired) electrons. The Labute approximate surface area is 129 Å². The standard InChI is InChI=1S/C19H18F2O/c1-3-5-14-6-8-15(9-7-14)10-11-16-12-13-17(22-4-2)19(21)18(16)20/h6-9,12-13H,3-5H2,1-2H3. The molecule has 0 aromatic heterocycles. The molecule has 0 atom stereocenters. The van der Waals surface area contributed by atoms with E-state index in [-0.39, 0.29) is 17.9 Å². The van der Waals surface area contributed by atoms with Gasteiger partial charge in [0, 0.05) is 5.56 Å². The van der Waals surface area contributed by atoms with Gasteiger partial charge in [0.1, 0.15) is 0 Å². The largest absolute Gasteiger partial charge is 0.491 e. The van der Waals surface area contributed by atoms with Crippen LogP contribution >= 0.6 is 0 Å². The number of hydrogen-bond donors (Lipinski definition) is 0. The van der Waals surface area contributed by atoms with Crippen LogP contribution < -0.4 is 4.74 Å². The summed E-state index contributed by atoms with van der Waals surface area (Å²) < 4.78 is 32.6. The Kier molecular flexibility index (Phi) is 5.55. The van der Waals surface area contributed by atoms with Gasteiger partial charge in [-0.15, -0.1) is 0 Å². The summed E-state index contributed by atoms with van der Waals surface area (Å²) in [6, 6.07) is 10.6. The van der Waals surface area contributed by atoms with Crippen LogP contribution in [0.2, 0.25) is 0 Å². The maximum Gasteiger partial charge on any atom is 0.201 e. The number of aryl methyl sites for hydroxylation is 1. The van der Waals surface area contributed by atoms with Crippen molar-refractivity contribution < 1.29 is 13.5 Å². The van der Waals surface area contributed by atoms with Gasteiger partial charge in [0.2, 0.25) is 5.82 Å². The lowest BCUT2D eigenvalue weighted by Crippen LogP contribution is -1.98. The van der Waals surface area contributed by atoms with E-state index in [0.717, 1.165) is 18.4 Å². The highest BCUT2D eigenvalue weighted by Crippen LogP contribution is 2.22. The van der Waals surface area contributed by atoms with E-state index in [0.29, 0.717) is 0 Å². The molecule has 0 aliphatic heterocycles. The van der Waals surface area contributed by atoms with Crippen molar-refractivity contribution in [2.24, 2.45) is 0 Å². The number of rotatable bonds is 4. The van der Waals surface area contributed by atoms with E-state index >= 15 is 0 Å². The normalized spacial score (nSPS) is 10.0. The minimum atomic E-state index is -0.994. The van der Waals surface area contributed by atoms with E-state index in [4.69, 9.17) is 4.74 Å². The van der Waals surface area contributed by atoms with Crippen molar-refractivity contribution in [1.29, 1.82) is 0 Å². The fraction of sp³-hybridized carbons (Fsp3) is 0.263. The molecule has 0 aliphatic carbocycles. The smallest absolute Gasteiger partial charge is 0.201 e. The molecule has 0 unspecified atom stereocenters. The molecular formula is C19H18F2O. The van der Waals surface area contributed by atoms with Gasteiger partial charge in [-0.1, -0.05) is 37.3 Å². The van der Waals surface area contributed by atoms with E-state index in [1.807, 2.05) is 24.3 Å². The van der Waals surface area contributed by atoms with Gasteiger partial charge in [0.25, 0.3) is 0 Å². The van der Waals surface area contributed by atoms with Crippen molar-refractivity contribution >= 4 is 0 Å². The molecule has 3 heteroatoms. The van der Waals surface area contributed by atoms with Gasteiger partial charge in [-0.3, -0.25) is 0 Å². The predicted octanol–water partition coefficient (Wildman–Crippen LogP) is 4.72. The first-order valence-electron chi connectivity index (χ1n) is 7.37. The number of halogens is 2. The zero-order chi connectivity index (χ0) is 15.9. The second kappa shape index (κ2) is 7.61. The summed E-state index contributed by atoms with van der Waals surface area (Å²) in [5, 5.41) is 0. The van der Waals surface area contributed by atoms with Gasteiger partial charge in [-0.05, 0) is 43.2 Å². The maximum absolute atomic E-state index is 13.9. The van der Waals surface area contributed by atoms with Gasteiger partial charge in [-0.2, -0.15) is 4.39 Å². The van der Waals surface area contributed by atoms with Crippen LogP contribution in [0.5, 0.6) is 5.75 Å². The summed E-state index contributed by atoms with van der Waals surface area (Å²) in [6.07, 6.45) is 2.11. The molecule has 2 aromatic rings. The summed E-state index contributed by atoms with van der Waals surface area (Å²) in [7, 11) is 0. The van der Waals surface area contributed by atoms with Crippen LogP contribution in [0.15, 0.2) is 36.4 Å². The maximum atomic E-state index is 13.9. The van der Waals surface area contributed by atoms with Crippen molar-refractivity contribution in [2.75, 3.05) is 6.61 Å². The second-order valence-corrected chi connectivity index (χ2v) is 4.87. The van der Waals surface area contributed by atoms with E-state index in [1.165, 1.54) is 17.7 Å². The van der Waals surface area contributed by atoms with Crippen LogP contribution in [0, 0.1) is 23.5 Å². The first-order valence-corrected chi connectivity index (χ1v) is 7.37. The average Bonchev–Trinajstić information content (AvgIpc) is 2.53. The van der Waals surface area contributed by atoms with E-state index in [1.54, 1.807) is 6.92 Å². The third kappa shape index (κ3) is 3.85. The van der Waals surface area contributed by atoms with E-state index in [2.05, 4.69) is 18.8 Å². The highest BCUT2D eigenvalue weighted by molar-refractivity contribution is 5.46. The van der Waals surface area contributed by atoms with Crippen molar-refractivity contribution in [3.63, 3.8) is 0 Å². The van der Waals surface area contributed by atoms with Crippen LogP contribution in [-0.4, -0.2) is 6.61 Å². The quantitative estimate of drug-likeness (QED) is 0.743. The molecule has 2 rings (SSSR count). The fourth-order valence-corrected chi connectivity index (χ4v) is 2.08. The Hall–Kier alpha value is -2.34. The molecule has 1 nitrogen and oxygen atoms in total.